The smallest absolute Gasteiger partial charge is 0.251 e. The van der Waals surface area contributed by atoms with Gasteiger partial charge in [0.1, 0.15) is 0 Å². The summed E-state index contributed by atoms with van der Waals surface area (Å²) < 4.78 is 0. The zero-order chi connectivity index (χ0) is 15.4. The van der Waals surface area contributed by atoms with E-state index in [4.69, 9.17) is 0 Å². The van der Waals surface area contributed by atoms with Gasteiger partial charge in [-0.15, -0.1) is 0 Å². The molecule has 2 aromatic carbocycles. The lowest BCUT2D eigenvalue weighted by Crippen LogP contribution is -2.23. The average Bonchev–Trinajstić information content (AvgIpc) is 2.75. The number of hydrogen-bond acceptors (Lipinski definition) is 2. The van der Waals surface area contributed by atoms with Crippen LogP contribution >= 0.6 is 0 Å². The van der Waals surface area contributed by atoms with Crippen molar-refractivity contribution in [2.24, 2.45) is 0 Å². The van der Waals surface area contributed by atoms with E-state index in [2.05, 4.69) is 29.4 Å². The molecule has 22 heavy (non-hydrogen) atoms. The zero-order valence-corrected chi connectivity index (χ0v) is 13.0. The summed E-state index contributed by atoms with van der Waals surface area (Å²) in [7, 11) is 2.15. The van der Waals surface area contributed by atoms with Crippen LogP contribution in [0.2, 0.25) is 0 Å². The van der Waals surface area contributed by atoms with Gasteiger partial charge in [-0.05, 0) is 48.7 Å². The summed E-state index contributed by atoms with van der Waals surface area (Å²) in [6, 6.07) is 16.1. The van der Waals surface area contributed by atoms with E-state index in [0.717, 1.165) is 37.1 Å². The van der Waals surface area contributed by atoms with Crippen LogP contribution < -0.4 is 5.32 Å². The van der Waals surface area contributed by atoms with Crippen LogP contribution in [-0.2, 0) is 19.4 Å². The molecule has 3 heteroatoms. The minimum Gasteiger partial charge on any atom is -0.348 e. The third-order valence-electron chi connectivity index (χ3n) is 4.29. The molecule has 1 N–H and O–H groups in total. The third-order valence-corrected chi connectivity index (χ3v) is 4.29. The van der Waals surface area contributed by atoms with Crippen LogP contribution in [-0.4, -0.2) is 30.9 Å². The summed E-state index contributed by atoms with van der Waals surface area (Å²) in [5.41, 5.74) is 4.58. The first-order chi connectivity index (χ1) is 10.7. The largest absolute Gasteiger partial charge is 0.348 e. The van der Waals surface area contributed by atoms with E-state index in [-0.39, 0.29) is 5.91 Å². The van der Waals surface area contributed by atoms with Gasteiger partial charge in [-0.25, -0.2) is 0 Å². The quantitative estimate of drug-likeness (QED) is 0.944. The van der Waals surface area contributed by atoms with Gasteiger partial charge in [0.05, 0.1) is 0 Å². The number of carbonyl (C=O) groups is 1. The van der Waals surface area contributed by atoms with Gasteiger partial charge >= 0.3 is 0 Å². The molecule has 1 amide bonds. The molecule has 1 aliphatic rings. The van der Waals surface area contributed by atoms with Gasteiger partial charge in [0.15, 0.2) is 0 Å². The molecule has 0 atom stereocenters. The fourth-order valence-electron chi connectivity index (χ4n) is 2.86. The van der Waals surface area contributed by atoms with E-state index in [0.29, 0.717) is 6.54 Å². The number of benzene rings is 2. The van der Waals surface area contributed by atoms with Crippen molar-refractivity contribution in [3.63, 3.8) is 0 Å². The summed E-state index contributed by atoms with van der Waals surface area (Å²) in [4.78, 5) is 14.7. The molecule has 2 aromatic rings. The summed E-state index contributed by atoms with van der Waals surface area (Å²) in [5, 5.41) is 3.00. The molecule has 0 spiro atoms. The molecule has 3 rings (SSSR count). The minimum atomic E-state index is 0.00394. The Bertz CT molecular complexity index is 652. The van der Waals surface area contributed by atoms with Gasteiger partial charge in [-0.1, -0.05) is 36.4 Å². The van der Waals surface area contributed by atoms with Crippen molar-refractivity contribution in [3.8, 4) is 0 Å². The number of nitrogens with one attached hydrogen (secondary N) is 1. The standard InChI is InChI=1S/C19H22N2O/c1-21-11-9-16-7-8-18(13-17(16)10-12-21)19(22)20-14-15-5-3-2-4-6-15/h2-8,13H,9-12,14H2,1H3,(H,20,22). The van der Waals surface area contributed by atoms with E-state index < -0.39 is 0 Å². The molecule has 3 nitrogen and oxygen atoms in total. The Morgan fingerprint density at radius 3 is 2.55 bits per heavy atom. The maximum Gasteiger partial charge on any atom is 0.251 e. The second-order valence-electron chi connectivity index (χ2n) is 5.96. The maximum absolute atomic E-state index is 12.3. The maximum atomic E-state index is 12.3. The first kappa shape index (κ1) is 14.8. The highest BCUT2D eigenvalue weighted by molar-refractivity contribution is 5.94. The van der Waals surface area contributed by atoms with Crippen LogP contribution in [0.15, 0.2) is 48.5 Å². The lowest BCUT2D eigenvalue weighted by Gasteiger charge is -2.10. The Kier molecular flexibility index (Phi) is 4.54. The van der Waals surface area contributed by atoms with Crippen molar-refractivity contribution in [1.82, 2.24) is 10.2 Å². The fourth-order valence-corrected chi connectivity index (χ4v) is 2.86. The molecule has 0 aliphatic carbocycles. The molecule has 114 valence electrons. The lowest BCUT2D eigenvalue weighted by atomic mass is 10.00. The van der Waals surface area contributed by atoms with Crippen LogP contribution in [0.1, 0.15) is 27.0 Å². The fraction of sp³-hybridized carbons (Fsp3) is 0.316. The Labute approximate surface area is 132 Å². The molecule has 0 fully saturated rings. The molecule has 1 heterocycles. The van der Waals surface area contributed by atoms with Gasteiger partial charge in [-0.2, -0.15) is 0 Å². The van der Waals surface area contributed by atoms with Gasteiger partial charge in [0.25, 0.3) is 5.91 Å². The average molecular weight is 294 g/mol. The predicted molar refractivity (Wildman–Crippen MR) is 89.0 cm³/mol. The number of likely N-dealkylation sites (N-methyl/N-ethyl adjacent to an activating group) is 1. The van der Waals surface area contributed by atoms with Crippen LogP contribution in [0.5, 0.6) is 0 Å². The second kappa shape index (κ2) is 6.75. The number of carbonyl (C=O) groups excluding carboxylic acids is 1. The molecular weight excluding hydrogens is 272 g/mol. The Balaban J connectivity index is 1.68. The second-order valence-corrected chi connectivity index (χ2v) is 5.96. The topological polar surface area (TPSA) is 32.3 Å². The highest BCUT2D eigenvalue weighted by Gasteiger charge is 2.13. The summed E-state index contributed by atoms with van der Waals surface area (Å²) in [6.45, 7) is 2.72. The lowest BCUT2D eigenvalue weighted by molar-refractivity contribution is 0.0951. The van der Waals surface area contributed by atoms with Gasteiger partial charge in [-0.3, -0.25) is 4.79 Å². The predicted octanol–water partition coefficient (Wildman–Crippen LogP) is 2.65. The number of hydrogen-bond donors (Lipinski definition) is 1. The van der Waals surface area contributed by atoms with Gasteiger partial charge in [0.2, 0.25) is 0 Å². The summed E-state index contributed by atoms with van der Waals surface area (Å²) in [6.07, 6.45) is 2.09. The van der Waals surface area contributed by atoms with Crippen LogP contribution in [0.25, 0.3) is 0 Å². The zero-order valence-electron chi connectivity index (χ0n) is 13.0. The van der Waals surface area contributed by atoms with Crippen molar-refractivity contribution < 1.29 is 4.79 Å². The number of fused-ring (bicyclic) bond motifs is 1. The van der Waals surface area contributed by atoms with Crippen molar-refractivity contribution in [2.45, 2.75) is 19.4 Å². The third kappa shape index (κ3) is 3.55. The van der Waals surface area contributed by atoms with Crippen molar-refractivity contribution in [1.29, 1.82) is 0 Å². The van der Waals surface area contributed by atoms with Gasteiger partial charge in [0, 0.05) is 25.2 Å². The van der Waals surface area contributed by atoms with E-state index >= 15 is 0 Å². The van der Waals surface area contributed by atoms with Crippen LogP contribution in [0.3, 0.4) is 0 Å². The highest BCUT2D eigenvalue weighted by Crippen LogP contribution is 2.17. The summed E-state index contributed by atoms with van der Waals surface area (Å²) in [5.74, 6) is 0.00394. The molecule has 0 radical (unpaired) electrons. The van der Waals surface area contributed by atoms with Gasteiger partial charge < -0.3 is 10.2 Å². The monoisotopic (exact) mass is 294 g/mol. The van der Waals surface area contributed by atoms with E-state index in [9.17, 15) is 4.79 Å². The van der Waals surface area contributed by atoms with Crippen molar-refractivity contribution >= 4 is 5.91 Å². The Hall–Kier alpha value is -2.13. The van der Waals surface area contributed by atoms with Crippen LogP contribution in [0, 0.1) is 0 Å². The first-order valence-electron chi connectivity index (χ1n) is 7.85. The normalized spacial score (nSPS) is 15.0. The first-order valence-corrected chi connectivity index (χ1v) is 7.85. The molecule has 0 unspecified atom stereocenters. The highest BCUT2D eigenvalue weighted by atomic mass is 16.1. The van der Waals surface area contributed by atoms with E-state index in [1.807, 2.05) is 36.4 Å². The SMILES string of the molecule is CN1CCc2ccc(C(=O)NCc3ccccc3)cc2CC1. The van der Waals surface area contributed by atoms with Crippen molar-refractivity contribution in [2.75, 3.05) is 20.1 Å². The molecule has 0 bridgehead atoms. The molecule has 0 saturated carbocycles. The molecule has 1 aliphatic heterocycles. The number of amides is 1. The molecule has 0 aromatic heterocycles. The van der Waals surface area contributed by atoms with E-state index in [1.54, 1.807) is 0 Å². The van der Waals surface area contributed by atoms with Crippen LogP contribution in [0.4, 0.5) is 0 Å². The molecule has 0 saturated heterocycles. The van der Waals surface area contributed by atoms with Crippen molar-refractivity contribution in [3.05, 3.63) is 70.8 Å². The molecular formula is C19H22N2O. The summed E-state index contributed by atoms with van der Waals surface area (Å²) >= 11 is 0. The number of rotatable bonds is 3. The number of nitrogens with zero attached hydrogens (tertiary/aromatic N) is 1. The minimum absolute atomic E-state index is 0.00394. The van der Waals surface area contributed by atoms with E-state index in [1.165, 1.54) is 11.1 Å². The Morgan fingerprint density at radius 2 is 1.77 bits per heavy atom. The Morgan fingerprint density at radius 1 is 1.05 bits per heavy atom.